The molecule has 0 radical (unpaired) electrons. The maximum Gasteiger partial charge on any atom is 0.123 e. The van der Waals surface area contributed by atoms with Gasteiger partial charge in [-0.25, -0.2) is 10.4 Å². The molecule has 1 N–H and O–H groups in total. The Morgan fingerprint density at radius 1 is 1.14 bits per heavy atom. The summed E-state index contributed by atoms with van der Waals surface area (Å²) in [5.74, 6) is 1.76. The Labute approximate surface area is 128 Å². The largest absolute Gasteiger partial charge is 0.497 e. The molecule has 0 aromatic heterocycles. The van der Waals surface area contributed by atoms with Crippen LogP contribution in [0.4, 0.5) is 0 Å². The van der Waals surface area contributed by atoms with Gasteiger partial charge in [0, 0.05) is 23.7 Å². The average Bonchev–Trinajstić information content (AvgIpc) is 2.50. The molecule has 1 heterocycles. The van der Waals surface area contributed by atoms with Crippen LogP contribution in [0.1, 0.15) is 51.6 Å². The molecule has 0 aliphatic carbocycles. The number of nitrogens with one attached hydrogen (secondary N) is 1. The van der Waals surface area contributed by atoms with Gasteiger partial charge in [-0.2, -0.15) is 0 Å². The number of hydrogen-bond acceptors (Lipinski definition) is 4. The van der Waals surface area contributed by atoms with Crippen LogP contribution in [0.15, 0.2) is 18.2 Å². The van der Waals surface area contributed by atoms with Gasteiger partial charge in [-0.3, -0.25) is 0 Å². The van der Waals surface area contributed by atoms with Crippen LogP contribution in [-0.2, 0) is 0 Å². The zero-order chi connectivity index (χ0) is 15.4. The predicted octanol–water partition coefficient (Wildman–Crippen LogP) is 3.53. The second kappa shape index (κ2) is 7.14. The molecule has 3 atom stereocenters. The van der Waals surface area contributed by atoms with E-state index in [9.17, 15) is 0 Å². The molecule has 0 bridgehead atoms. The summed E-state index contributed by atoms with van der Waals surface area (Å²) in [5, 5.41) is 2.40. The number of benzene rings is 1. The lowest BCUT2D eigenvalue weighted by atomic mass is 9.99. The van der Waals surface area contributed by atoms with Crippen LogP contribution >= 0.6 is 0 Å². The first kappa shape index (κ1) is 16.1. The van der Waals surface area contributed by atoms with E-state index < -0.39 is 0 Å². The normalized spacial score (nSPS) is 24.6. The third-order valence-corrected chi connectivity index (χ3v) is 4.44. The van der Waals surface area contributed by atoms with Crippen LogP contribution in [-0.4, -0.2) is 31.3 Å². The molecule has 0 saturated carbocycles. The number of hydrazine groups is 1. The van der Waals surface area contributed by atoms with Gasteiger partial charge >= 0.3 is 0 Å². The molecule has 2 rings (SSSR count). The van der Waals surface area contributed by atoms with Gasteiger partial charge in [-0.1, -0.05) is 6.42 Å². The minimum Gasteiger partial charge on any atom is -0.497 e. The van der Waals surface area contributed by atoms with Crippen LogP contribution in [0.2, 0.25) is 0 Å². The van der Waals surface area contributed by atoms with E-state index in [1.165, 1.54) is 19.3 Å². The number of piperidine rings is 1. The average molecular weight is 292 g/mol. The van der Waals surface area contributed by atoms with Crippen LogP contribution in [0.3, 0.4) is 0 Å². The van der Waals surface area contributed by atoms with Gasteiger partial charge in [0.05, 0.1) is 14.2 Å². The van der Waals surface area contributed by atoms with Gasteiger partial charge in [0.25, 0.3) is 0 Å². The lowest BCUT2D eigenvalue weighted by Crippen LogP contribution is -2.52. The lowest BCUT2D eigenvalue weighted by Gasteiger charge is -2.41. The molecular weight excluding hydrogens is 264 g/mol. The first-order valence-electron chi connectivity index (χ1n) is 7.83. The van der Waals surface area contributed by atoms with Crippen LogP contribution in [0.5, 0.6) is 11.5 Å². The molecule has 1 aliphatic rings. The Morgan fingerprint density at radius 3 is 2.38 bits per heavy atom. The molecule has 3 unspecified atom stereocenters. The summed E-state index contributed by atoms with van der Waals surface area (Å²) in [7, 11) is 3.41. The number of rotatable bonds is 5. The van der Waals surface area contributed by atoms with Crippen molar-refractivity contribution in [3.63, 3.8) is 0 Å². The van der Waals surface area contributed by atoms with Crippen LogP contribution in [0, 0.1) is 0 Å². The molecule has 21 heavy (non-hydrogen) atoms. The fourth-order valence-electron chi connectivity index (χ4n) is 3.15. The van der Waals surface area contributed by atoms with Crippen LogP contribution in [0.25, 0.3) is 0 Å². The summed E-state index contributed by atoms with van der Waals surface area (Å²) >= 11 is 0. The summed E-state index contributed by atoms with van der Waals surface area (Å²) < 4.78 is 10.8. The van der Waals surface area contributed by atoms with Crippen molar-refractivity contribution < 1.29 is 9.47 Å². The summed E-state index contributed by atoms with van der Waals surface area (Å²) in [6, 6.07) is 7.26. The number of nitrogens with zero attached hydrogens (tertiary/aromatic N) is 1. The molecular formula is C17H28N2O2. The highest BCUT2D eigenvalue weighted by Crippen LogP contribution is 2.30. The molecule has 1 aliphatic heterocycles. The summed E-state index contributed by atoms with van der Waals surface area (Å²) in [5.41, 5.74) is 4.79. The van der Waals surface area contributed by atoms with Gasteiger partial charge in [0.1, 0.15) is 11.5 Å². The Balaban J connectivity index is 2.17. The van der Waals surface area contributed by atoms with Gasteiger partial charge < -0.3 is 9.47 Å². The van der Waals surface area contributed by atoms with Crippen molar-refractivity contribution in [2.75, 3.05) is 14.2 Å². The van der Waals surface area contributed by atoms with E-state index >= 15 is 0 Å². The molecule has 1 saturated heterocycles. The molecule has 1 fully saturated rings. The van der Waals surface area contributed by atoms with E-state index in [0.29, 0.717) is 12.1 Å². The van der Waals surface area contributed by atoms with E-state index in [0.717, 1.165) is 17.1 Å². The zero-order valence-electron chi connectivity index (χ0n) is 13.8. The third-order valence-electron chi connectivity index (χ3n) is 4.44. The van der Waals surface area contributed by atoms with E-state index in [1.807, 2.05) is 12.1 Å². The highest BCUT2D eigenvalue weighted by atomic mass is 16.5. The van der Waals surface area contributed by atoms with E-state index in [2.05, 4.69) is 37.3 Å². The van der Waals surface area contributed by atoms with Gasteiger partial charge in [-0.15, -0.1) is 0 Å². The molecule has 1 aromatic carbocycles. The topological polar surface area (TPSA) is 33.7 Å². The fraction of sp³-hybridized carbons (Fsp3) is 0.647. The first-order valence-corrected chi connectivity index (χ1v) is 7.83. The Morgan fingerprint density at radius 2 is 1.81 bits per heavy atom. The molecule has 118 valence electrons. The number of hydrogen-bond donors (Lipinski definition) is 1. The second-order valence-corrected chi connectivity index (χ2v) is 5.99. The number of ether oxygens (including phenoxy) is 2. The molecule has 4 heteroatoms. The molecule has 1 aromatic rings. The Bertz CT molecular complexity index is 454. The number of methoxy groups -OCH3 is 2. The van der Waals surface area contributed by atoms with Crippen LogP contribution < -0.4 is 14.9 Å². The maximum atomic E-state index is 5.49. The van der Waals surface area contributed by atoms with Gasteiger partial charge in [0.15, 0.2) is 0 Å². The van der Waals surface area contributed by atoms with Crippen molar-refractivity contribution in [3.05, 3.63) is 23.8 Å². The highest BCUT2D eigenvalue weighted by molar-refractivity contribution is 5.42. The van der Waals surface area contributed by atoms with Crippen molar-refractivity contribution in [2.45, 2.75) is 58.2 Å². The predicted molar refractivity (Wildman–Crippen MR) is 85.7 cm³/mol. The Hall–Kier alpha value is -1.26. The summed E-state index contributed by atoms with van der Waals surface area (Å²) in [6.45, 7) is 6.75. The third kappa shape index (κ3) is 3.69. The van der Waals surface area contributed by atoms with Crippen molar-refractivity contribution in [1.82, 2.24) is 10.4 Å². The van der Waals surface area contributed by atoms with E-state index in [-0.39, 0.29) is 6.04 Å². The lowest BCUT2D eigenvalue weighted by molar-refractivity contribution is 0.0316. The van der Waals surface area contributed by atoms with Crippen molar-refractivity contribution in [1.29, 1.82) is 0 Å². The monoisotopic (exact) mass is 292 g/mol. The zero-order valence-corrected chi connectivity index (χ0v) is 13.8. The van der Waals surface area contributed by atoms with Crippen molar-refractivity contribution in [3.8, 4) is 11.5 Å². The first-order chi connectivity index (χ1) is 10.1. The molecule has 4 nitrogen and oxygen atoms in total. The van der Waals surface area contributed by atoms with Gasteiger partial charge in [0.2, 0.25) is 0 Å². The molecule has 0 spiro atoms. The Kier molecular flexibility index (Phi) is 5.48. The SMILES string of the molecule is COc1ccc(OC)c(C(C)NN2C(C)CCCC2C)c1. The molecule has 0 amide bonds. The van der Waals surface area contributed by atoms with E-state index in [1.54, 1.807) is 14.2 Å². The smallest absolute Gasteiger partial charge is 0.123 e. The minimum absolute atomic E-state index is 0.179. The maximum absolute atomic E-state index is 5.49. The van der Waals surface area contributed by atoms with Gasteiger partial charge in [-0.05, 0) is 51.8 Å². The second-order valence-electron chi connectivity index (χ2n) is 5.99. The fourth-order valence-corrected chi connectivity index (χ4v) is 3.15. The summed E-state index contributed by atoms with van der Waals surface area (Å²) in [6.07, 6.45) is 3.82. The summed E-state index contributed by atoms with van der Waals surface area (Å²) in [4.78, 5) is 0. The minimum atomic E-state index is 0.179. The standard InChI is InChI=1S/C17H28N2O2/c1-12-7-6-8-13(2)19(12)18-14(3)16-11-15(20-4)9-10-17(16)21-5/h9-14,18H,6-8H2,1-5H3. The van der Waals surface area contributed by atoms with E-state index in [4.69, 9.17) is 9.47 Å². The highest BCUT2D eigenvalue weighted by Gasteiger charge is 2.26. The quantitative estimate of drug-likeness (QED) is 0.900. The van der Waals surface area contributed by atoms with Crippen molar-refractivity contribution >= 4 is 0 Å². The van der Waals surface area contributed by atoms with Crippen molar-refractivity contribution in [2.24, 2.45) is 0 Å².